The van der Waals surface area contributed by atoms with Crippen LogP contribution in [0.15, 0.2) is 0 Å². The van der Waals surface area contributed by atoms with Crippen molar-refractivity contribution in [3.05, 3.63) is 0 Å². The summed E-state index contributed by atoms with van der Waals surface area (Å²) in [6, 6.07) is 0.591. The molecule has 0 aromatic rings. The van der Waals surface area contributed by atoms with E-state index in [-0.39, 0.29) is 5.60 Å². The Balaban J connectivity index is 2.42. The first kappa shape index (κ1) is 11.0. The first-order chi connectivity index (χ1) is 6.05. The molecule has 0 amide bonds. The normalized spacial score (nSPS) is 25.8. The van der Waals surface area contributed by atoms with E-state index in [9.17, 15) is 0 Å². The Morgan fingerprint density at radius 1 is 1.54 bits per heavy atom. The van der Waals surface area contributed by atoms with Crippen molar-refractivity contribution in [1.82, 2.24) is 4.90 Å². The van der Waals surface area contributed by atoms with Gasteiger partial charge in [-0.05, 0) is 33.7 Å². The fourth-order valence-corrected chi connectivity index (χ4v) is 1.85. The Hall–Kier alpha value is -0.120. The number of hydrogen-bond donors (Lipinski definition) is 1. The highest BCUT2D eigenvalue weighted by molar-refractivity contribution is 4.82. The van der Waals surface area contributed by atoms with E-state index in [0.29, 0.717) is 6.04 Å². The zero-order valence-corrected chi connectivity index (χ0v) is 9.05. The maximum Gasteiger partial charge on any atom is 0.0753 e. The minimum atomic E-state index is 0.0150. The van der Waals surface area contributed by atoms with E-state index < -0.39 is 0 Å². The maximum absolute atomic E-state index is 5.65. The molecule has 1 heterocycles. The van der Waals surface area contributed by atoms with Gasteiger partial charge in [0.1, 0.15) is 0 Å². The Kier molecular flexibility index (Phi) is 3.71. The molecular weight excluding hydrogens is 164 g/mol. The molecule has 0 aliphatic carbocycles. The molecule has 0 bridgehead atoms. The zero-order valence-electron chi connectivity index (χ0n) is 9.05. The smallest absolute Gasteiger partial charge is 0.0753 e. The summed E-state index contributed by atoms with van der Waals surface area (Å²) in [5.74, 6) is 0. The fraction of sp³-hybridized carbons (Fsp3) is 1.00. The molecule has 1 fully saturated rings. The lowest BCUT2D eigenvalue weighted by Gasteiger charge is -2.41. The second-order valence-electron chi connectivity index (χ2n) is 4.51. The molecule has 0 saturated carbocycles. The van der Waals surface area contributed by atoms with Gasteiger partial charge < -0.3 is 10.5 Å². The van der Waals surface area contributed by atoms with Gasteiger partial charge in [-0.25, -0.2) is 0 Å². The van der Waals surface area contributed by atoms with Crippen LogP contribution in [0.2, 0.25) is 0 Å². The molecule has 0 radical (unpaired) electrons. The van der Waals surface area contributed by atoms with Crippen LogP contribution in [-0.2, 0) is 4.74 Å². The van der Waals surface area contributed by atoms with Crippen LogP contribution in [0.5, 0.6) is 0 Å². The average molecular weight is 186 g/mol. The molecule has 3 nitrogen and oxygen atoms in total. The van der Waals surface area contributed by atoms with Gasteiger partial charge >= 0.3 is 0 Å². The predicted molar refractivity (Wildman–Crippen MR) is 54.7 cm³/mol. The van der Waals surface area contributed by atoms with Crippen LogP contribution < -0.4 is 5.73 Å². The van der Waals surface area contributed by atoms with Crippen molar-refractivity contribution in [2.75, 3.05) is 26.2 Å². The van der Waals surface area contributed by atoms with Crippen molar-refractivity contribution >= 4 is 0 Å². The molecule has 1 rings (SSSR count). The van der Waals surface area contributed by atoms with Crippen molar-refractivity contribution in [1.29, 1.82) is 0 Å². The monoisotopic (exact) mass is 186 g/mol. The van der Waals surface area contributed by atoms with Gasteiger partial charge in [0.05, 0.1) is 12.2 Å². The molecule has 3 heteroatoms. The summed E-state index contributed by atoms with van der Waals surface area (Å²) in [6.45, 7) is 10.2. The van der Waals surface area contributed by atoms with Crippen LogP contribution in [0.25, 0.3) is 0 Å². The second kappa shape index (κ2) is 4.40. The van der Waals surface area contributed by atoms with E-state index in [0.717, 1.165) is 32.7 Å². The van der Waals surface area contributed by atoms with Crippen LogP contribution >= 0.6 is 0 Å². The Morgan fingerprint density at radius 2 is 2.23 bits per heavy atom. The van der Waals surface area contributed by atoms with Gasteiger partial charge in [-0.3, -0.25) is 4.90 Å². The highest BCUT2D eigenvalue weighted by Crippen LogP contribution is 2.18. The van der Waals surface area contributed by atoms with Crippen molar-refractivity contribution in [2.24, 2.45) is 5.73 Å². The van der Waals surface area contributed by atoms with Crippen molar-refractivity contribution in [3.63, 3.8) is 0 Å². The number of nitrogens with two attached hydrogens (primary N) is 1. The fourth-order valence-electron chi connectivity index (χ4n) is 1.85. The average Bonchev–Trinajstić information content (AvgIpc) is 2.03. The van der Waals surface area contributed by atoms with Crippen LogP contribution in [-0.4, -0.2) is 42.8 Å². The van der Waals surface area contributed by atoms with Crippen LogP contribution in [0.1, 0.15) is 27.2 Å². The minimum Gasteiger partial charge on any atom is -0.373 e. The standard InChI is InChI=1S/C10H22N2O/c1-9(4-5-11)12-6-7-13-10(2,3)8-12/h9H,4-8,11H2,1-3H3. The van der Waals surface area contributed by atoms with Crippen molar-refractivity contribution < 1.29 is 4.74 Å². The van der Waals surface area contributed by atoms with Gasteiger partial charge in [0.2, 0.25) is 0 Å². The molecule has 0 aromatic carbocycles. The van der Waals surface area contributed by atoms with Crippen LogP contribution in [0.4, 0.5) is 0 Å². The largest absolute Gasteiger partial charge is 0.373 e. The maximum atomic E-state index is 5.65. The van der Waals surface area contributed by atoms with E-state index in [1.807, 2.05) is 0 Å². The first-order valence-electron chi connectivity index (χ1n) is 5.13. The van der Waals surface area contributed by atoms with E-state index in [1.165, 1.54) is 0 Å². The van der Waals surface area contributed by atoms with Gasteiger partial charge in [-0.2, -0.15) is 0 Å². The first-order valence-corrected chi connectivity index (χ1v) is 5.13. The summed E-state index contributed by atoms with van der Waals surface area (Å²) < 4.78 is 5.65. The van der Waals surface area contributed by atoms with E-state index in [1.54, 1.807) is 0 Å². The summed E-state index contributed by atoms with van der Waals surface area (Å²) in [5, 5.41) is 0. The third-order valence-corrected chi connectivity index (χ3v) is 2.66. The number of hydrogen-bond acceptors (Lipinski definition) is 3. The van der Waals surface area contributed by atoms with Gasteiger partial charge in [-0.15, -0.1) is 0 Å². The molecule has 1 atom stereocenters. The van der Waals surface area contributed by atoms with Gasteiger partial charge in [0.25, 0.3) is 0 Å². The molecule has 0 aromatic heterocycles. The third kappa shape index (κ3) is 3.25. The van der Waals surface area contributed by atoms with Gasteiger partial charge in [-0.1, -0.05) is 0 Å². The summed E-state index contributed by atoms with van der Waals surface area (Å²) in [7, 11) is 0. The SMILES string of the molecule is CC(CCN)N1CCOC(C)(C)C1. The van der Waals surface area contributed by atoms with Crippen LogP contribution in [0.3, 0.4) is 0 Å². The zero-order chi connectivity index (χ0) is 9.90. The van der Waals surface area contributed by atoms with E-state index in [4.69, 9.17) is 10.5 Å². The number of rotatable bonds is 3. The molecular formula is C10H22N2O. The molecule has 1 saturated heterocycles. The third-order valence-electron chi connectivity index (χ3n) is 2.66. The molecule has 1 aliphatic rings. The Bertz CT molecular complexity index is 159. The van der Waals surface area contributed by atoms with Crippen molar-refractivity contribution in [2.45, 2.75) is 38.8 Å². The minimum absolute atomic E-state index is 0.0150. The Labute approximate surface area is 81.2 Å². The summed E-state index contributed by atoms with van der Waals surface area (Å²) >= 11 is 0. The molecule has 2 N–H and O–H groups in total. The van der Waals surface area contributed by atoms with Crippen molar-refractivity contribution in [3.8, 4) is 0 Å². The molecule has 78 valence electrons. The van der Waals surface area contributed by atoms with Gasteiger partial charge in [0.15, 0.2) is 0 Å². The Morgan fingerprint density at radius 3 is 2.77 bits per heavy atom. The highest BCUT2D eigenvalue weighted by Gasteiger charge is 2.29. The lowest BCUT2D eigenvalue weighted by atomic mass is 10.0. The van der Waals surface area contributed by atoms with E-state index in [2.05, 4.69) is 25.7 Å². The quantitative estimate of drug-likeness (QED) is 0.709. The van der Waals surface area contributed by atoms with E-state index >= 15 is 0 Å². The summed E-state index contributed by atoms with van der Waals surface area (Å²) in [5.41, 5.74) is 5.56. The lowest BCUT2D eigenvalue weighted by molar-refractivity contribution is -0.0957. The van der Waals surface area contributed by atoms with Crippen LogP contribution in [0, 0.1) is 0 Å². The molecule has 1 aliphatic heterocycles. The number of morpholine rings is 1. The van der Waals surface area contributed by atoms with Gasteiger partial charge in [0, 0.05) is 19.1 Å². The number of ether oxygens (including phenoxy) is 1. The summed E-state index contributed by atoms with van der Waals surface area (Å²) in [6.07, 6.45) is 1.08. The molecule has 0 spiro atoms. The highest BCUT2D eigenvalue weighted by atomic mass is 16.5. The molecule has 1 unspecified atom stereocenters. The summed E-state index contributed by atoms with van der Waals surface area (Å²) in [4.78, 5) is 2.47. The lowest BCUT2D eigenvalue weighted by Crippen LogP contribution is -2.51. The second-order valence-corrected chi connectivity index (χ2v) is 4.51. The molecule has 13 heavy (non-hydrogen) atoms. The number of nitrogens with zero attached hydrogens (tertiary/aromatic N) is 1. The predicted octanol–water partition coefficient (Wildman–Crippen LogP) is 0.834. The topological polar surface area (TPSA) is 38.5 Å².